The Labute approximate surface area is 209 Å². The van der Waals surface area contributed by atoms with Crippen LogP contribution in [0.1, 0.15) is 28.4 Å². The number of hydrogen-bond acceptors (Lipinski definition) is 5. The smallest absolute Gasteiger partial charge is 0.387 e. The van der Waals surface area contributed by atoms with Gasteiger partial charge in [-0.1, -0.05) is 18.2 Å². The Hall–Kier alpha value is -4.12. The zero-order valence-electron chi connectivity index (χ0n) is 19.8. The van der Waals surface area contributed by atoms with Gasteiger partial charge in [-0.2, -0.15) is 13.2 Å². The van der Waals surface area contributed by atoms with Gasteiger partial charge in [-0.25, -0.2) is 4.98 Å². The van der Waals surface area contributed by atoms with Crippen LogP contribution in [0.5, 0.6) is 0 Å². The maximum absolute atomic E-state index is 13.4. The summed E-state index contributed by atoms with van der Waals surface area (Å²) in [6.45, 7) is 3.16. The van der Waals surface area contributed by atoms with Gasteiger partial charge in [0, 0.05) is 48.7 Å². The number of rotatable bonds is 5. The van der Waals surface area contributed by atoms with E-state index in [9.17, 15) is 22.8 Å². The Bertz CT molecular complexity index is 1480. The molecule has 0 saturated carbocycles. The zero-order valence-corrected chi connectivity index (χ0v) is 19.8. The highest BCUT2D eigenvalue weighted by Crippen LogP contribution is 2.33. The molecule has 1 aliphatic heterocycles. The minimum Gasteiger partial charge on any atom is -0.387 e. The second-order valence-corrected chi connectivity index (χ2v) is 9.00. The molecule has 5 rings (SSSR count). The molecule has 3 heterocycles. The predicted molar refractivity (Wildman–Crippen MR) is 131 cm³/mol. The number of amides is 1. The number of aliphatic hydroxyl groups excluding tert-OH is 1. The lowest BCUT2D eigenvalue weighted by Crippen LogP contribution is -2.54. The molecule has 0 radical (unpaired) electrons. The number of H-pyrrole nitrogens is 2. The number of halogens is 3. The molecule has 2 aromatic carbocycles. The van der Waals surface area contributed by atoms with Gasteiger partial charge in [-0.3, -0.25) is 9.59 Å². The van der Waals surface area contributed by atoms with Crippen molar-refractivity contribution in [2.75, 3.05) is 31.1 Å². The van der Waals surface area contributed by atoms with E-state index in [4.69, 9.17) is 5.11 Å². The van der Waals surface area contributed by atoms with Gasteiger partial charge in [0.25, 0.3) is 0 Å². The van der Waals surface area contributed by atoms with E-state index in [1.54, 1.807) is 4.90 Å². The highest BCUT2D eigenvalue weighted by atomic mass is 19.4. The van der Waals surface area contributed by atoms with Crippen molar-refractivity contribution in [2.24, 2.45) is 0 Å². The number of fused-ring (bicyclic) bond motifs is 1. The third-order valence-corrected chi connectivity index (χ3v) is 6.59. The van der Waals surface area contributed by atoms with Gasteiger partial charge in [-0.05, 0) is 37.3 Å². The first-order valence-corrected chi connectivity index (χ1v) is 11.7. The van der Waals surface area contributed by atoms with Crippen molar-refractivity contribution < 1.29 is 27.9 Å². The lowest BCUT2D eigenvalue weighted by molar-refractivity contribution is -0.138. The predicted octanol–water partition coefficient (Wildman–Crippen LogP) is 3.84. The van der Waals surface area contributed by atoms with Gasteiger partial charge < -0.3 is 24.9 Å². The molecular weight excluding hydrogens is 487 g/mol. The monoisotopic (exact) mass is 511 g/mol. The molecule has 37 heavy (non-hydrogen) atoms. The topological polar surface area (TPSA) is 105 Å². The SMILES string of the molecule is C[C@H]1CN(c2ccc3nc(-c4cc(C(=O)c5ccccc5C(F)(F)F)c[nH]4)[nH]c3c2)CCN1C(=O)CO. The number of alkyl halides is 3. The average Bonchev–Trinajstić information content (AvgIpc) is 3.54. The number of carbonyl (C=O) groups is 2. The van der Waals surface area contributed by atoms with Crippen molar-refractivity contribution >= 4 is 28.4 Å². The molecule has 11 heteroatoms. The molecule has 0 unspecified atom stereocenters. The van der Waals surface area contributed by atoms with Gasteiger partial charge in [0.05, 0.1) is 22.3 Å². The Balaban J connectivity index is 1.37. The number of benzene rings is 2. The van der Waals surface area contributed by atoms with Crippen LogP contribution in [-0.4, -0.2) is 68.9 Å². The third-order valence-electron chi connectivity index (χ3n) is 6.59. The molecule has 0 spiro atoms. The first-order valence-electron chi connectivity index (χ1n) is 11.7. The van der Waals surface area contributed by atoms with Gasteiger partial charge in [0.1, 0.15) is 6.61 Å². The number of hydrogen-bond donors (Lipinski definition) is 3. The fourth-order valence-electron chi connectivity index (χ4n) is 4.72. The maximum atomic E-state index is 13.4. The largest absolute Gasteiger partial charge is 0.417 e. The molecule has 1 saturated heterocycles. The fourth-order valence-corrected chi connectivity index (χ4v) is 4.72. The van der Waals surface area contributed by atoms with Crippen LogP contribution in [0.25, 0.3) is 22.6 Å². The summed E-state index contributed by atoms with van der Waals surface area (Å²) in [6, 6.07) is 11.9. The summed E-state index contributed by atoms with van der Waals surface area (Å²) in [4.78, 5) is 39.3. The van der Waals surface area contributed by atoms with Gasteiger partial charge in [0.15, 0.2) is 11.6 Å². The van der Waals surface area contributed by atoms with E-state index in [-0.39, 0.29) is 17.5 Å². The van der Waals surface area contributed by atoms with Crippen LogP contribution in [-0.2, 0) is 11.0 Å². The summed E-state index contributed by atoms with van der Waals surface area (Å²) in [5, 5.41) is 9.15. The number of ketones is 1. The Morgan fingerprint density at radius 3 is 2.65 bits per heavy atom. The molecule has 4 aromatic rings. The number of nitrogens with zero attached hydrogens (tertiary/aromatic N) is 3. The molecule has 1 atom stereocenters. The summed E-state index contributed by atoms with van der Waals surface area (Å²) in [7, 11) is 0. The van der Waals surface area contributed by atoms with Crippen LogP contribution in [0.2, 0.25) is 0 Å². The first-order chi connectivity index (χ1) is 17.7. The summed E-state index contributed by atoms with van der Waals surface area (Å²) >= 11 is 0. The van der Waals surface area contributed by atoms with E-state index in [0.29, 0.717) is 36.7 Å². The van der Waals surface area contributed by atoms with Crippen molar-refractivity contribution in [1.82, 2.24) is 19.9 Å². The molecule has 3 N–H and O–H groups in total. The van der Waals surface area contributed by atoms with Crippen LogP contribution in [0.15, 0.2) is 54.7 Å². The number of carbonyl (C=O) groups excluding carboxylic acids is 2. The van der Waals surface area contributed by atoms with Crippen molar-refractivity contribution in [2.45, 2.75) is 19.1 Å². The molecular formula is C26H24F3N5O3. The van der Waals surface area contributed by atoms with Gasteiger partial charge >= 0.3 is 6.18 Å². The number of nitrogens with one attached hydrogen (secondary N) is 2. The van der Waals surface area contributed by atoms with E-state index in [0.717, 1.165) is 17.3 Å². The number of aromatic amines is 2. The van der Waals surface area contributed by atoms with Crippen LogP contribution >= 0.6 is 0 Å². The molecule has 0 bridgehead atoms. The zero-order chi connectivity index (χ0) is 26.3. The highest BCUT2D eigenvalue weighted by Gasteiger charge is 2.35. The van der Waals surface area contributed by atoms with Gasteiger partial charge in [0.2, 0.25) is 5.91 Å². The normalized spacial score (nSPS) is 16.4. The lowest BCUT2D eigenvalue weighted by Gasteiger charge is -2.40. The summed E-state index contributed by atoms with van der Waals surface area (Å²) in [6.07, 6.45) is -3.27. The molecule has 192 valence electrons. The molecule has 8 nitrogen and oxygen atoms in total. The van der Waals surface area contributed by atoms with Crippen LogP contribution in [0.4, 0.5) is 18.9 Å². The lowest BCUT2D eigenvalue weighted by atomic mass is 9.99. The molecule has 1 fully saturated rings. The van der Waals surface area contributed by atoms with E-state index in [1.807, 2.05) is 25.1 Å². The first kappa shape index (κ1) is 24.6. The van der Waals surface area contributed by atoms with Crippen LogP contribution < -0.4 is 4.90 Å². The maximum Gasteiger partial charge on any atom is 0.417 e. The number of aliphatic hydroxyl groups is 1. The average molecular weight is 512 g/mol. The molecule has 2 aromatic heterocycles. The van der Waals surface area contributed by atoms with Gasteiger partial charge in [-0.15, -0.1) is 0 Å². The standard InChI is InChI=1S/C26H24F3N5O3/c1-15-13-33(8-9-34(15)23(36)14-35)17-6-7-20-21(11-17)32-25(31-20)22-10-16(12-30-22)24(37)18-4-2-3-5-19(18)26(27,28)29/h2-7,10-12,15,30,35H,8-9,13-14H2,1H3,(H,31,32)/t15-/m0/s1. The summed E-state index contributed by atoms with van der Waals surface area (Å²) < 4.78 is 40.1. The van der Waals surface area contributed by atoms with Crippen molar-refractivity contribution in [1.29, 1.82) is 0 Å². The van der Waals surface area contributed by atoms with Crippen molar-refractivity contribution in [3.8, 4) is 11.5 Å². The molecule has 0 aliphatic carbocycles. The number of imidazole rings is 1. The minimum absolute atomic E-state index is 0.0567. The molecule has 1 amide bonds. The third kappa shape index (κ3) is 4.69. The van der Waals surface area contributed by atoms with E-state index in [1.165, 1.54) is 30.5 Å². The van der Waals surface area contributed by atoms with E-state index in [2.05, 4.69) is 19.9 Å². The fraction of sp³-hybridized carbons (Fsp3) is 0.269. The van der Waals surface area contributed by atoms with E-state index >= 15 is 0 Å². The van der Waals surface area contributed by atoms with Crippen molar-refractivity contribution in [3.63, 3.8) is 0 Å². The van der Waals surface area contributed by atoms with Crippen LogP contribution in [0, 0.1) is 0 Å². The molecule has 1 aliphatic rings. The quantitative estimate of drug-likeness (QED) is 0.353. The second-order valence-electron chi connectivity index (χ2n) is 9.00. The second kappa shape index (κ2) is 9.40. The van der Waals surface area contributed by atoms with Crippen LogP contribution in [0.3, 0.4) is 0 Å². The Morgan fingerprint density at radius 2 is 1.92 bits per heavy atom. The number of piperazine rings is 1. The minimum atomic E-state index is -4.64. The highest BCUT2D eigenvalue weighted by molar-refractivity contribution is 6.10. The van der Waals surface area contributed by atoms with Crippen molar-refractivity contribution in [3.05, 3.63) is 71.4 Å². The van der Waals surface area contributed by atoms with E-state index < -0.39 is 29.7 Å². The summed E-state index contributed by atoms with van der Waals surface area (Å²) in [5.41, 5.74) is 1.55. The number of anilines is 1. The Kier molecular flexibility index (Phi) is 6.24. The summed E-state index contributed by atoms with van der Waals surface area (Å²) in [5.74, 6) is -0.574. The number of aromatic nitrogens is 3. The Morgan fingerprint density at radius 1 is 1.14 bits per heavy atom.